The van der Waals surface area contributed by atoms with Crippen molar-refractivity contribution in [1.82, 2.24) is 20.4 Å². The first kappa shape index (κ1) is 18.7. The van der Waals surface area contributed by atoms with E-state index in [1.54, 1.807) is 0 Å². The number of nitrogens with one attached hydrogen (secondary N) is 2. The minimum Gasteiger partial charge on any atom is -0.350 e. The van der Waals surface area contributed by atoms with Crippen molar-refractivity contribution >= 4 is 51.5 Å². The van der Waals surface area contributed by atoms with Gasteiger partial charge in [0, 0.05) is 18.5 Å². The summed E-state index contributed by atoms with van der Waals surface area (Å²) in [6.45, 7) is 3.27. The smallest absolute Gasteiger partial charge is 0.261 e. The van der Waals surface area contributed by atoms with E-state index in [1.807, 2.05) is 49.0 Å². The lowest BCUT2D eigenvalue weighted by Crippen LogP contribution is -2.29. The lowest BCUT2D eigenvalue weighted by atomic mass is 10.3. The van der Waals surface area contributed by atoms with Crippen LogP contribution in [0, 0.1) is 6.92 Å². The second-order valence-corrected chi connectivity index (χ2v) is 6.58. The van der Waals surface area contributed by atoms with Crippen LogP contribution in [0.3, 0.4) is 0 Å². The fourth-order valence-corrected chi connectivity index (χ4v) is 3.64. The molecule has 0 unspecified atom stereocenters. The molecule has 1 amide bonds. The van der Waals surface area contributed by atoms with Crippen LogP contribution in [0.15, 0.2) is 30.3 Å². The van der Waals surface area contributed by atoms with Gasteiger partial charge >= 0.3 is 0 Å². The van der Waals surface area contributed by atoms with Crippen LogP contribution in [0.25, 0.3) is 15.9 Å². The van der Waals surface area contributed by atoms with Crippen LogP contribution in [0.1, 0.15) is 15.4 Å². The van der Waals surface area contributed by atoms with Crippen LogP contribution in [0.2, 0.25) is 5.02 Å². The third-order valence-electron chi connectivity index (χ3n) is 3.51. The molecule has 2 heterocycles. The maximum absolute atomic E-state index is 12.2. The number of carbonyl (C=O) groups excluding carboxylic acids is 1. The van der Waals surface area contributed by atoms with Gasteiger partial charge in [-0.1, -0.05) is 23.7 Å². The molecule has 3 rings (SSSR count). The van der Waals surface area contributed by atoms with E-state index < -0.39 is 0 Å². The van der Waals surface area contributed by atoms with Crippen molar-refractivity contribution in [2.24, 2.45) is 0 Å². The van der Waals surface area contributed by atoms with Crippen molar-refractivity contribution in [2.45, 2.75) is 6.92 Å². The van der Waals surface area contributed by atoms with E-state index in [2.05, 4.69) is 15.7 Å². The van der Waals surface area contributed by atoms with Gasteiger partial charge < -0.3 is 10.6 Å². The van der Waals surface area contributed by atoms with Gasteiger partial charge in [0.2, 0.25) is 0 Å². The van der Waals surface area contributed by atoms with Crippen LogP contribution in [0.4, 0.5) is 0 Å². The van der Waals surface area contributed by atoms with Gasteiger partial charge in [-0.2, -0.15) is 5.10 Å². The molecule has 0 fully saturated rings. The van der Waals surface area contributed by atoms with E-state index in [9.17, 15) is 4.79 Å². The normalized spacial score (nSPS) is 10.6. The Bertz CT molecular complexity index is 859. The van der Waals surface area contributed by atoms with Crippen LogP contribution in [-0.2, 0) is 0 Å². The molecule has 2 N–H and O–H groups in total. The molecule has 0 saturated carbocycles. The summed E-state index contributed by atoms with van der Waals surface area (Å²) in [5, 5.41) is 12.1. The average molecular weight is 385 g/mol. The fraction of sp³-hybridized carbons (Fsp3) is 0.250. The van der Waals surface area contributed by atoms with Gasteiger partial charge in [-0.3, -0.25) is 4.79 Å². The molecule has 2 aromatic heterocycles. The number of rotatable bonds is 5. The van der Waals surface area contributed by atoms with Gasteiger partial charge in [0.25, 0.3) is 5.91 Å². The van der Waals surface area contributed by atoms with Crippen LogP contribution in [0.5, 0.6) is 0 Å². The van der Waals surface area contributed by atoms with Gasteiger partial charge in [-0.25, -0.2) is 4.68 Å². The number of halogens is 2. The van der Waals surface area contributed by atoms with E-state index in [1.165, 1.54) is 11.3 Å². The first-order valence-corrected chi connectivity index (χ1v) is 8.48. The number of amides is 1. The van der Waals surface area contributed by atoms with Gasteiger partial charge in [0.15, 0.2) is 0 Å². The number of fused-ring (bicyclic) bond motifs is 1. The number of carbonyl (C=O) groups is 1. The Kier molecular flexibility index (Phi) is 6.23. The molecule has 0 aliphatic carbocycles. The maximum Gasteiger partial charge on any atom is 0.261 e. The highest BCUT2D eigenvalue weighted by Gasteiger charge is 2.17. The molecule has 1 aromatic carbocycles. The first-order chi connectivity index (χ1) is 11.1. The monoisotopic (exact) mass is 384 g/mol. The van der Waals surface area contributed by atoms with E-state index in [0.717, 1.165) is 28.1 Å². The second kappa shape index (κ2) is 7.98. The standard InChI is InChI=1S/C16H17ClN4OS.ClH/c1-10-11-9-14(15(22)19-8-7-18-2)23-16(11)21(20-10)13-6-4-3-5-12(13)17;/h3-6,9,18H,7-8H2,1-2H3,(H,19,22);1H. The summed E-state index contributed by atoms with van der Waals surface area (Å²) in [7, 11) is 1.85. The summed E-state index contributed by atoms with van der Waals surface area (Å²) in [6.07, 6.45) is 0. The third-order valence-corrected chi connectivity index (χ3v) is 4.94. The zero-order chi connectivity index (χ0) is 16.4. The van der Waals surface area contributed by atoms with Gasteiger partial charge in [-0.05, 0) is 32.2 Å². The summed E-state index contributed by atoms with van der Waals surface area (Å²) in [6, 6.07) is 9.45. The van der Waals surface area contributed by atoms with Gasteiger partial charge in [0.05, 0.1) is 21.3 Å². The number of hydrogen-bond donors (Lipinski definition) is 2. The highest BCUT2D eigenvalue weighted by atomic mass is 35.5. The Hall–Kier alpha value is -1.60. The number of aromatic nitrogens is 2. The Labute approximate surface area is 155 Å². The zero-order valence-electron chi connectivity index (χ0n) is 13.3. The molecule has 0 atom stereocenters. The first-order valence-electron chi connectivity index (χ1n) is 7.28. The van der Waals surface area contributed by atoms with Crippen molar-refractivity contribution in [2.75, 3.05) is 20.1 Å². The van der Waals surface area contributed by atoms with E-state index >= 15 is 0 Å². The van der Waals surface area contributed by atoms with Crippen molar-refractivity contribution in [1.29, 1.82) is 0 Å². The molecule has 0 saturated heterocycles. The van der Waals surface area contributed by atoms with Crippen LogP contribution in [-0.4, -0.2) is 35.8 Å². The van der Waals surface area contributed by atoms with Crippen molar-refractivity contribution in [3.05, 3.63) is 45.9 Å². The Morgan fingerprint density at radius 2 is 2.08 bits per heavy atom. The average Bonchev–Trinajstić information content (AvgIpc) is 3.09. The molecule has 24 heavy (non-hydrogen) atoms. The van der Waals surface area contributed by atoms with Crippen LogP contribution < -0.4 is 10.6 Å². The van der Waals surface area contributed by atoms with E-state index in [0.29, 0.717) is 16.4 Å². The molecule has 0 bridgehead atoms. The molecule has 0 aliphatic rings. The van der Waals surface area contributed by atoms with E-state index in [4.69, 9.17) is 11.6 Å². The predicted octanol–water partition coefficient (Wildman–Crippen LogP) is 3.42. The third kappa shape index (κ3) is 3.57. The molecule has 8 heteroatoms. The molecule has 3 aromatic rings. The topological polar surface area (TPSA) is 58.9 Å². The number of hydrogen-bond acceptors (Lipinski definition) is 4. The Balaban J connectivity index is 0.00000208. The Morgan fingerprint density at radius 1 is 1.33 bits per heavy atom. The predicted molar refractivity (Wildman–Crippen MR) is 102 cm³/mol. The van der Waals surface area contributed by atoms with Crippen molar-refractivity contribution in [3.63, 3.8) is 0 Å². The number of benzene rings is 1. The fourth-order valence-electron chi connectivity index (χ4n) is 2.33. The van der Waals surface area contributed by atoms with Crippen molar-refractivity contribution in [3.8, 4) is 5.69 Å². The van der Waals surface area contributed by atoms with Crippen LogP contribution >= 0.6 is 35.3 Å². The number of thiophene rings is 1. The molecule has 128 valence electrons. The summed E-state index contributed by atoms with van der Waals surface area (Å²) in [4.78, 5) is 13.8. The number of likely N-dealkylation sites (N-methyl/N-ethyl adjacent to an activating group) is 1. The SMILES string of the molecule is CNCCNC(=O)c1cc2c(C)nn(-c3ccccc3Cl)c2s1.Cl. The summed E-state index contributed by atoms with van der Waals surface area (Å²) in [5.74, 6) is -0.0634. The van der Waals surface area contributed by atoms with E-state index in [-0.39, 0.29) is 18.3 Å². The summed E-state index contributed by atoms with van der Waals surface area (Å²) >= 11 is 7.70. The number of aryl methyl sites for hydroxylation is 1. The molecule has 0 radical (unpaired) electrons. The van der Waals surface area contributed by atoms with Gasteiger partial charge in [-0.15, -0.1) is 23.7 Å². The molecule has 0 aliphatic heterocycles. The highest BCUT2D eigenvalue weighted by molar-refractivity contribution is 7.20. The zero-order valence-corrected chi connectivity index (χ0v) is 15.7. The molecular weight excluding hydrogens is 367 g/mol. The summed E-state index contributed by atoms with van der Waals surface area (Å²) in [5.41, 5.74) is 1.70. The minimum atomic E-state index is -0.0634. The minimum absolute atomic E-state index is 0. The Morgan fingerprint density at radius 3 is 2.79 bits per heavy atom. The molecular formula is C16H18Cl2N4OS. The number of para-hydroxylation sites is 1. The van der Waals surface area contributed by atoms with Gasteiger partial charge in [0.1, 0.15) is 4.83 Å². The maximum atomic E-state index is 12.2. The lowest BCUT2D eigenvalue weighted by Gasteiger charge is -2.04. The lowest BCUT2D eigenvalue weighted by molar-refractivity contribution is 0.0958. The summed E-state index contributed by atoms with van der Waals surface area (Å²) < 4.78 is 1.81. The second-order valence-electron chi connectivity index (χ2n) is 5.14. The molecule has 5 nitrogen and oxygen atoms in total. The number of nitrogens with zero attached hydrogens (tertiary/aromatic N) is 2. The van der Waals surface area contributed by atoms with Crippen molar-refractivity contribution < 1.29 is 4.79 Å². The largest absolute Gasteiger partial charge is 0.350 e. The quantitative estimate of drug-likeness (QED) is 0.662. The molecule has 0 spiro atoms. The highest BCUT2D eigenvalue weighted by Crippen LogP contribution is 2.32.